The SMILES string of the molecule is COCc1ccc([C@@](Cc2ccccc2)(NC(=O)c2ccc(F)cc2C(F)(F)F)c2cc(F)cc(OC(F)(F)C(F)F)c2)cc1. The number of nitrogens with one attached hydrogen (secondary N) is 1. The zero-order valence-corrected chi connectivity index (χ0v) is 23.3. The van der Waals surface area contributed by atoms with E-state index in [0.29, 0.717) is 29.3 Å². The van der Waals surface area contributed by atoms with E-state index in [9.17, 15) is 39.9 Å². The highest BCUT2D eigenvalue weighted by atomic mass is 19.4. The van der Waals surface area contributed by atoms with Gasteiger partial charge in [0.05, 0.1) is 23.3 Å². The smallest absolute Gasteiger partial charge is 0.428 e. The van der Waals surface area contributed by atoms with Gasteiger partial charge in [-0.2, -0.15) is 30.7 Å². The van der Waals surface area contributed by atoms with Gasteiger partial charge in [0.25, 0.3) is 5.91 Å². The molecule has 45 heavy (non-hydrogen) atoms. The van der Waals surface area contributed by atoms with Crippen LogP contribution in [0.25, 0.3) is 0 Å². The summed E-state index contributed by atoms with van der Waals surface area (Å²) in [5.41, 5.74) is -3.78. The maximum absolute atomic E-state index is 15.0. The normalized spacial score (nSPS) is 13.4. The van der Waals surface area contributed by atoms with Gasteiger partial charge in [-0.15, -0.1) is 0 Å². The van der Waals surface area contributed by atoms with E-state index in [1.165, 1.54) is 19.2 Å². The van der Waals surface area contributed by atoms with E-state index in [4.69, 9.17) is 4.74 Å². The van der Waals surface area contributed by atoms with Gasteiger partial charge >= 0.3 is 18.7 Å². The molecule has 0 unspecified atom stereocenters. The fourth-order valence-corrected chi connectivity index (χ4v) is 4.79. The Morgan fingerprint density at radius 3 is 2.04 bits per heavy atom. The Balaban J connectivity index is 1.99. The number of hydrogen-bond acceptors (Lipinski definition) is 3. The van der Waals surface area contributed by atoms with Crippen LogP contribution in [0.15, 0.2) is 91.0 Å². The van der Waals surface area contributed by atoms with Crippen LogP contribution in [-0.4, -0.2) is 25.6 Å². The van der Waals surface area contributed by atoms with Crippen molar-refractivity contribution in [2.45, 2.75) is 37.3 Å². The van der Waals surface area contributed by atoms with Crippen molar-refractivity contribution in [3.63, 3.8) is 0 Å². The average molecular weight is 642 g/mol. The van der Waals surface area contributed by atoms with Crippen molar-refractivity contribution in [1.29, 1.82) is 0 Å². The summed E-state index contributed by atoms with van der Waals surface area (Å²) >= 11 is 0. The minimum Gasteiger partial charge on any atom is -0.428 e. The molecule has 0 saturated heterocycles. The number of amides is 1. The second kappa shape index (κ2) is 13.2. The lowest BCUT2D eigenvalue weighted by Crippen LogP contribution is -2.49. The Bertz CT molecular complexity index is 1630. The van der Waals surface area contributed by atoms with Gasteiger partial charge in [-0.3, -0.25) is 4.79 Å². The third kappa shape index (κ3) is 7.77. The molecule has 0 heterocycles. The number of carbonyl (C=O) groups excluding carboxylic acids is 1. The number of carbonyl (C=O) groups is 1. The van der Waals surface area contributed by atoms with E-state index in [-0.39, 0.29) is 30.2 Å². The second-order valence-corrected chi connectivity index (χ2v) is 9.98. The molecule has 0 aromatic heterocycles. The molecule has 0 bridgehead atoms. The minimum absolute atomic E-state index is 0.132. The zero-order valence-electron chi connectivity index (χ0n) is 23.3. The van der Waals surface area contributed by atoms with Crippen molar-refractivity contribution in [1.82, 2.24) is 5.32 Å². The van der Waals surface area contributed by atoms with Crippen molar-refractivity contribution in [3.8, 4) is 5.75 Å². The Hall–Kier alpha value is -4.52. The van der Waals surface area contributed by atoms with Crippen LogP contribution >= 0.6 is 0 Å². The van der Waals surface area contributed by atoms with Gasteiger partial charge in [-0.25, -0.2) is 8.78 Å². The summed E-state index contributed by atoms with van der Waals surface area (Å²) < 4.78 is 134. The summed E-state index contributed by atoms with van der Waals surface area (Å²) in [6.45, 7) is 0.142. The lowest BCUT2D eigenvalue weighted by atomic mass is 9.77. The number of methoxy groups -OCH3 is 1. The zero-order chi connectivity index (χ0) is 33.0. The molecule has 1 atom stereocenters. The first-order valence-electron chi connectivity index (χ1n) is 13.1. The number of hydrogen-bond donors (Lipinski definition) is 1. The number of halogens is 9. The summed E-state index contributed by atoms with van der Waals surface area (Å²) in [5, 5.41) is 2.50. The van der Waals surface area contributed by atoms with E-state index in [1.807, 2.05) is 0 Å². The number of rotatable bonds is 11. The molecular formula is C32H24F9NO3. The van der Waals surface area contributed by atoms with Gasteiger partial charge in [-0.05, 0) is 52.6 Å². The monoisotopic (exact) mass is 641 g/mol. The van der Waals surface area contributed by atoms with Crippen molar-refractivity contribution in [3.05, 3.63) is 136 Å². The van der Waals surface area contributed by atoms with Crippen molar-refractivity contribution in [2.75, 3.05) is 7.11 Å². The number of ether oxygens (including phenoxy) is 2. The molecule has 0 aliphatic rings. The third-order valence-electron chi connectivity index (χ3n) is 6.80. The highest BCUT2D eigenvalue weighted by Crippen LogP contribution is 2.39. The standard InChI is InChI=1S/C32H24F9NO3/c1-44-18-20-7-9-21(10-8-20)30(17-19-5-3-2-4-6-19,22-13-24(34)15-25(14-22)45-32(40,41)29(35)36)42-28(43)26-12-11-23(33)16-27(26)31(37,38)39/h2-16,29H,17-18H2,1H3,(H,42,43)/t30-/m1/s1. The molecule has 4 nitrogen and oxygen atoms in total. The maximum Gasteiger partial charge on any atom is 0.461 e. The van der Waals surface area contributed by atoms with E-state index in [1.54, 1.807) is 42.5 Å². The third-order valence-corrected chi connectivity index (χ3v) is 6.80. The van der Waals surface area contributed by atoms with Crippen LogP contribution in [0.1, 0.15) is 38.2 Å². The highest BCUT2D eigenvalue weighted by molar-refractivity contribution is 5.97. The van der Waals surface area contributed by atoms with Crippen molar-refractivity contribution >= 4 is 5.91 Å². The minimum atomic E-state index is -5.17. The topological polar surface area (TPSA) is 47.6 Å². The molecule has 13 heteroatoms. The Morgan fingerprint density at radius 1 is 0.778 bits per heavy atom. The Labute approximate surface area is 251 Å². The predicted molar refractivity (Wildman–Crippen MR) is 145 cm³/mol. The fraction of sp³-hybridized carbons (Fsp3) is 0.219. The van der Waals surface area contributed by atoms with Crippen LogP contribution in [0.3, 0.4) is 0 Å². The summed E-state index contributed by atoms with van der Waals surface area (Å²) in [5.74, 6) is -4.94. The fourth-order valence-electron chi connectivity index (χ4n) is 4.79. The molecule has 0 aliphatic carbocycles. The highest BCUT2D eigenvalue weighted by Gasteiger charge is 2.45. The van der Waals surface area contributed by atoms with Gasteiger partial charge in [0.1, 0.15) is 17.4 Å². The van der Waals surface area contributed by atoms with Crippen molar-refractivity contribution in [2.24, 2.45) is 0 Å². The van der Waals surface area contributed by atoms with E-state index in [0.717, 1.165) is 12.1 Å². The Kier molecular flexibility index (Phi) is 9.81. The molecular weight excluding hydrogens is 617 g/mol. The molecule has 0 aliphatic heterocycles. The first kappa shape index (κ1) is 33.4. The average Bonchev–Trinajstić information content (AvgIpc) is 2.96. The van der Waals surface area contributed by atoms with E-state index in [2.05, 4.69) is 10.1 Å². The van der Waals surface area contributed by atoms with Crippen LogP contribution in [0, 0.1) is 11.6 Å². The number of alkyl halides is 7. The lowest BCUT2D eigenvalue weighted by Gasteiger charge is -2.37. The second-order valence-electron chi connectivity index (χ2n) is 9.98. The summed E-state index contributed by atoms with van der Waals surface area (Å²) in [7, 11) is 1.43. The number of benzene rings is 4. The first-order valence-corrected chi connectivity index (χ1v) is 13.1. The summed E-state index contributed by atoms with van der Waals surface area (Å²) in [6, 6.07) is 17.4. The molecule has 4 aromatic carbocycles. The molecule has 1 N–H and O–H groups in total. The van der Waals surface area contributed by atoms with Crippen LogP contribution in [-0.2, 0) is 29.5 Å². The van der Waals surface area contributed by atoms with Crippen LogP contribution in [0.5, 0.6) is 5.75 Å². The summed E-state index contributed by atoms with van der Waals surface area (Å²) in [4.78, 5) is 13.7. The quantitative estimate of drug-likeness (QED) is 0.168. The molecule has 4 rings (SSSR count). The van der Waals surface area contributed by atoms with Crippen LogP contribution in [0.2, 0.25) is 0 Å². The Morgan fingerprint density at radius 2 is 1.44 bits per heavy atom. The molecule has 4 aromatic rings. The molecule has 238 valence electrons. The van der Waals surface area contributed by atoms with Gasteiger partial charge in [0.15, 0.2) is 0 Å². The van der Waals surface area contributed by atoms with E-state index < -0.39 is 58.7 Å². The lowest BCUT2D eigenvalue weighted by molar-refractivity contribution is -0.253. The van der Waals surface area contributed by atoms with Crippen molar-refractivity contribution < 1.29 is 53.8 Å². The largest absolute Gasteiger partial charge is 0.461 e. The van der Waals surface area contributed by atoms with Crippen LogP contribution < -0.4 is 10.1 Å². The molecule has 1 amide bonds. The predicted octanol–water partition coefficient (Wildman–Crippen LogP) is 8.28. The van der Waals surface area contributed by atoms with Gasteiger partial charge < -0.3 is 14.8 Å². The molecule has 0 radical (unpaired) electrons. The van der Waals surface area contributed by atoms with Gasteiger partial charge in [0, 0.05) is 19.6 Å². The van der Waals surface area contributed by atoms with Gasteiger partial charge in [0.2, 0.25) is 0 Å². The maximum atomic E-state index is 15.0. The molecule has 0 saturated carbocycles. The molecule has 0 spiro atoms. The van der Waals surface area contributed by atoms with Gasteiger partial charge in [-0.1, -0.05) is 54.6 Å². The van der Waals surface area contributed by atoms with Crippen LogP contribution in [0.4, 0.5) is 39.5 Å². The van der Waals surface area contributed by atoms with E-state index >= 15 is 4.39 Å². The first-order chi connectivity index (χ1) is 21.1. The summed E-state index contributed by atoms with van der Waals surface area (Å²) in [6.07, 6.45) is -14.8. The molecule has 0 fully saturated rings.